The molecule has 4 nitrogen and oxygen atoms in total. The van der Waals surface area contributed by atoms with Gasteiger partial charge in [-0.3, -0.25) is 0 Å². The summed E-state index contributed by atoms with van der Waals surface area (Å²) in [5, 5.41) is 2.54. The molecule has 2 aromatic carbocycles. The van der Waals surface area contributed by atoms with E-state index in [1.807, 2.05) is 0 Å². The molecule has 0 unspecified atom stereocenters. The second kappa shape index (κ2) is 9.91. The summed E-state index contributed by atoms with van der Waals surface area (Å²) in [6.07, 6.45) is -1.13. The van der Waals surface area contributed by atoms with Crippen molar-refractivity contribution >= 4 is 23.3 Å². The standard InChI is InChI=1S/C23H20ClF4N3O/c1-2-10-31(22(32)29-18-8-9-21(25)20(24)13-18)15-19-7-4-11-30(19)14-16-5-3-6-17(12-16)23(26,27)28/h2-9,11-13H,1,10,14-15H2,(H,29,32). The van der Waals surface area contributed by atoms with Crippen molar-refractivity contribution in [1.82, 2.24) is 9.47 Å². The summed E-state index contributed by atoms with van der Waals surface area (Å²) in [5.74, 6) is -0.597. The number of carbonyl (C=O) groups is 1. The van der Waals surface area contributed by atoms with Crippen molar-refractivity contribution in [3.05, 3.63) is 101 Å². The van der Waals surface area contributed by atoms with E-state index in [0.717, 1.165) is 23.9 Å². The van der Waals surface area contributed by atoms with E-state index in [0.29, 0.717) is 11.3 Å². The highest BCUT2D eigenvalue weighted by Crippen LogP contribution is 2.29. The lowest BCUT2D eigenvalue weighted by Gasteiger charge is -2.23. The fourth-order valence-electron chi connectivity index (χ4n) is 3.14. The Kier molecular flexibility index (Phi) is 7.25. The molecule has 0 saturated heterocycles. The highest BCUT2D eigenvalue weighted by atomic mass is 35.5. The largest absolute Gasteiger partial charge is 0.416 e. The lowest BCUT2D eigenvalue weighted by molar-refractivity contribution is -0.137. The van der Waals surface area contributed by atoms with Gasteiger partial charge in [0.2, 0.25) is 0 Å². The van der Waals surface area contributed by atoms with Gasteiger partial charge in [-0.05, 0) is 48.0 Å². The summed E-state index contributed by atoms with van der Waals surface area (Å²) < 4.78 is 54.1. The Morgan fingerprint density at radius 1 is 1.16 bits per heavy atom. The quantitative estimate of drug-likeness (QED) is 0.311. The van der Waals surface area contributed by atoms with Gasteiger partial charge in [-0.25, -0.2) is 9.18 Å². The molecular formula is C23H20ClF4N3O. The van der Waals surface area contributed by atoms with Crippen LogP contribution in [0.25, 0.3) is 0 Å². The van der Waals surface area contributed by atoms with Crippen LogP contribution < -0.4 is 5.32 Å². The van der Waals surface area contributed by atoms with Crippen LogP contribution in [0.2, 0.25) is 5.02 Å². The zero-order valence-corrected chi connectivity index (χ0v) is 17.6. The molecule has 1 aromatic heterocycles. The number of hydrogen-bond acceptors (Lipinski definition) is 1. The summed E-state index contributed by atoms with van der Waals surface area (Å²) in [4.78, 5) is 14.2. The Balaban J connectivity index is 1.75. The van der Waals surface area contributed by atoms with Crippen LogP contribution in [0.5, 0.6) is 0 Å². The zero-order chi connectivity index (χ0) is 23.3. The van der Waals surface area contributed by atoms with Gasteiger partial charge in [0.1, 0.15) is 5.82 Å². The van der Waals surface area contributed by atoms with E-state index in [9.17, 15) is 22.4 Å². The predicted octanol–water partition coefficient (Wildman–Crippen LogP) is 6.57. The number of halogens is 5. The first kappa shape index (κ1) is 23.4. The molecule has 1 N–H and O–H groups in total. The first-order chi connectivity index (χ1) is 15.2. The van der Waals surface area contributed by atoms with Gasteiger partial charge in [-0.2, -0.15) is 13.2 Å². The molecular weight excluding hydrogens is 446 g/mol. The third-order valence-electron chi connectivity index (χ3n) is 4.69. The Morgan fingerprint density at radius 3 is 2.62 bits per heavy atom. The normalized spacial score (nSPS) is 11.3. The van der Waals surface area contributed by atoms with Crippen molar-refractivity contribution in [1.29, 1.82) is 0 Å². The number of nitrogens with one attached hydrogen (secondary N) is 1. The first-order valence-electron chi connectivity index (χ1n) is 9.59. The van der Waals surface area contributed by atoms with Crippen molar-refractivity contribution in [2.45, 2.75) is 19.3 Å². The molecule has 0 spiro atoms. The number of urea groups is 1. The van der Waals surface area contributed by atoms with Crippen molar-refractivity contribution in [2.24, 2.45) is 0 Å². The van der Waals surface area contributed by atoms with Crippen LogP contribution in [0.15, 0.2) is 73.4 Å². The summed E-state index contributed by atoms with van der Waals surface area (Å²) in [5.41, 5.74) is 0.818. The van der Waals surface area contributed by atoms with E-state index in [4.69, 9.17) is 11.6 Å². The zero-order valence-electron chi connectivity index (χ0n) is 16.9. The van der Waals surface area contributed by atoms with Crippen LogP contribution in [0.4, 0.5) is 28.0 Å². The lowest BCUT2D eigenvalue weighted by atomic mass is 10.1. The number of hydrogen-bond donors (Lipinski definition) is 1. The predicted molar refractivity (Wildman–Crippen MR) is 116 cm³/mol. The van der Waals surface area contributed by atoms with Crippen LogP contribution in [0.1, 0.15) is 16.8 Å². The summed E-state index contributed by atoms with van der Waals surface area (Å²) in [7, 11) is 0. The van der Waals surface area contributed by atoms with Gasteiger partial charge in [0.25, 0.3) is 0 Å². The molecule has 3 rings (SSSR count). The van der Waals surface area contributed by atoms with E-state index in [-0.39, 0.29) is 24.7 Å². The monoisotopic (exact) mass is 465 g/mol. The summed E-state index contributed by atoms with van der Waals surface area (Å²) in [6, 6.07) is 12.0. The smallest absolute Gasteiger partial charge is 0.345 e. The number of carbonyl (C=O) groups excluding carboxylic acids is 1. The number of aromatic nitrogens is 1. The van der Waals surface area contributed by atoms with Crippen LogP contribution >= 0.6 is 11.6 Å². The van der Waals surface area contributed by atoms with E-state index < -0.39 is 23.6 Å². The van der Waals surface area contributed by atoms with Crippen LogP contribution in [-0.4, -0.2) is 22.0 Å². The van der Waals surface area contributed by atoms with Gasteiger partial charge >= 0.3 is 12.2 Å². The van der Waals surface area contributed by atoms with E-state index in [2.05, 4.69) is 11.9 Å². The van der Waals surface area contributed by atoms with Gasteiger partial charge in [0.15, 0.2) is 0 Å². The van der Waals surface area contributed by atoms with Crippen molar-refractivity contribution < 1.29 is 22.4 Å². The Labute approximate surface area is 187 Å². The molecule has 168 valence electrons. The number of amides is 2. The Hall–Kier alpha value is -3.26. The van der Waals surface area contributed by atoms with Crippen LogP contribution in [-0.2, 0) is 19.3 Å². The molecule has 0 aliphatic heterocycles. The molecule has 0 fully saturated rings. The molecule has 0 bridgehead atoms. The Morgan fingerprint density at radius 2 is 1.94 bits per heavy atom. The molecule has 1 heterocycles. The fraction of sp³-hybridized carbons (Fsp3) is 0.174. The molecule has 0 aliphatic carbocycles. The molecule has 0 saturated carbocycles. The van der Waals surface area contributed by atoms with Crippen molar-refractivity contribution in [3.8, 4) is 0 Å². The van der Waals surface area contributed by atoms with Gasteiger partial charge < -0.3 is 14.8 Å². The molecule has 0 aliphatic rings. The molecule has 3 aromatic rings. The van der Waals surface area contributed by atoms with E-state index in [1.165, 1.54) is 23.1 Å². The molecule has 9 heteroatoms. The lowest BCUT2D eigenvalue weighted by Crippen LogP contribution is -2.35. The van der Waals surface area contributed by atoms with Crippen LogP contribution in [0, 0.1) is 5.82 Å². The second-order valence-electron chi connectivity index (χ2n) is 7.05. The first-order valence-corrected chi connectivity index (χ1v) is 9.97. The van der Waals surface area contributed by atoms with E-state index >= 15 is 0 Å². The third kappa shape index (κ3) is 5.91. The highest BCUT2D eigenvalue weighted by molar-refractivity contribution is 6.31. The number of rotatable bonds is 7. The summed E-state index contributed by atoms with van der Waals surface area (Å²) in [6.45, 7) is 4.27. The average Bonchev–Trinajstić information content (AvgIpc) is 3.16. The minimum absolute atomic E-state index is 0.118. The Bertz CT molecular complexity index is 1110. The van der Waals surface area contributed by atoms with Gasteiger partial charge in [-0.1, -0.05) is 29.8 Å². The minimum Gasteiger partial charge on any atom is -0.345 e. The number of benzene rings is 2. The molecule has 2 amide bonds. The molecule has 0 atom stereocenters. The van der Waals surface area contributed by atoms with Gasteiger partial charge in [0.05, 0.1) is 17.1 Å². The highest BCUT2D eigenvalue weighted by Gasteiger charge is 2.30. The van der Waals surface area contributed by atoms with Gasteiger partial charge in [0, 0.05) is 30.7 Å². The van der Waals surface area contributed by atoms with Crippen molar-refractivity contribution in [2.75, 3.05) is 11.9 Å². The molecule has 32 heavy (non-hydrogen) atoms. The number of nitrogens with zero attached hydrogens (tertiary/aromatic N) is 2. The van der Waals surface area contributed by atoms with Crippen molar-refractivity contribution in [3.63, 3.8) is 0 Å². The minimum atomic E-state index is -4.42. The maximum Gasteiger partial charge on any atom is 0.416 e. The van der Waals surface area contributed by atoms with Crippen LogP contribution in [0.3, 0.4) is 0 Å². The summed E-state index contributed by atoms with van der Waals surface area (Å²) >= 11 is 5.76. The maximum atomic E-state index is 13.3. The number of anilines is 1. The second-order valence-corrected chi connectivity index (χ2v) is 7.46. The van der Waals surface area contributed by atoms with E-state index in [1.54, 1.807) is 35.0 Å². The SMILES string of the molecule is C=CCN(Cc1cccn1Cc1cccc(C(F)(F)F)c1)C(=O)Nc1ccc(F)c(Cl)c1. The molecule has 0 radical (unpaired) electrons. The average molecular weight is 466 g/mol. The van der Waals surface area contributed by atoms with Gasteiger partial charge in [-0.15, -0.1) is 6.58 Å². The third-order valence-corrected chi connectivity index (χ3v) is 4.98. The fourth-order valence-corrected chi connectivity index (χ4v) is 3.32. The number of alkyl halides is 3. The topological polar surface area (TPSA) is 37.3 Å². The maximum absolute atomic E-state index is 13.3.